The fraction of sp³-hybridized carbons (Fsp3) is 0.625. The third kappa shape index (κ3) is 44.2. The van der Waals surface area contributed by atoms with E-state index in [9.17, 15) is 72.9 Å². The van der Waals surface area contributed by atoms with E-state index in [-0.39, 0.29) is 147 Å². The molecule has 4 aromatic rings. The molecule has 7 rings (SSSR count). The quantitative estimate of drug-likeness (QED) is 0.0131. The zero-order chi connectivity index (χ0) is 105. The number of aromatic nitrogens is 5. The zero-order valence-corrected chi connectivity index (χ0v) is 82.2. The summed E-state index contributed by atoms with van der Waals surface area (Å²) in [6.07, 6.45) is 17.8. The number of rotatable bonds is 60. The van der Waals surface area contributed by atoms with Crippen molar-refractivity contribution < 1.29 is 102 Å². The topological polar surface area (TPSA) is 758 Å². The number of aliphatic hydroxyl groups is 3. The van der Waals surface area contributed by atoms with Crippen molar-refractivity contribution >= 4 is 123 Å². The van der Waals surface area contributed by atoms with Gasteiger partial charge in [0.05, 0.1) is 39.1 Å². The summed E-state index contributed by atoms with van der Waals surface area (Å²) in [7, 11) is 0. The molecular formula is C96H149N27O21. The van der Waals surface area contributed by atoms with Crippen LogP contribution in [0.3, 0.4) is 0 Å². The number of primary amides is 2. The van der Waals surface area contributed by atoms with Crippen molar-refractivity contribution in [3.05, 3.63) is 89.5 Å². The zero-order valence-electron chi connectivity index (χ0n) is 82.2. The Hall–Kier alpha value is -13.5. The molecule has 0 unspecified atom stereocenters. The van der Waals surface area contributed by atoms with Gasteiger partial charge in [0.15, 0.2) is 11.9 Å². The average Bonchev–Trinajstić information content (AvgIpc) is 1.66. The molecule has 0 saturated carbocycles. The molecule has 2 aromatic heterocycles. The Labute approximate surface area is 836 Å². The van der Waals surface area contributed by atoms with Crippen LogP contribution >= 0.6 is 0 Å². The molecule has 13 atom stereocenters. The number of unbranched alkanes of at least 4 members (excludes halogenated alkanes) is 13. The predicted molar refractivity (Wildman–Crippen MR) is 529 cm³/mol. The monoisotopic (exact) mass is 2020 g/mol. The predicted octanol–water partition coefficient (Wildman–Crippen LogP) is -1.87. The molecule has 3 aliphatic heterocycles. The fourth-order valence-electron chi connectivity index (χ4n) is 16.8. The van der Waals surface area contributed by atoms with E-state index < -0.39 is 225 Å². The lowest BCUT2D eigenvalue weighted by molar-refractivity contribution is -0.143. The first kappa shape index (κ1) is 117. The van der Waals surface area contributed by atoms with Crippen molar-refractivity contribution in [1.29, 1.82) is 10.8 Å². The lowest BCUT2D eigenvalue weighted by Crippen LogP contribution is -2.61. The minimum atomic E-state index is -1.92. The molecule has 48 nitrogen and oxygen atoms in total. The number of benzene rings is 2. The highest BCUT2D eigenvalue weighted by Crippen LogP contribution is 2.25. The average molecular weight is 2020 g/mol. The minimum Gasteiger partial charge on any atom is -0.394 e. The molecule has 15 amide bonds. The maximum absolute atomic E-state index is 15.4. The number of para-hydroxylation sites is 1. The van der Waals surface area contributed by atoms with Gasteiger partial charge in [-0.15, -0.1) is 5.10 Å². The summed E-state index contributed by atoms with van der Waals surface area (Å²) in [6.45, 7) is -1.23. The maximum atomic E-state index is 15.4. The van der Waals surface area contributed by atoms with Crippen molar-refractivity contribution in [2.24, 2.45) is 27.9 Å². The number of ether oxygens (including phenoxy) is 2. The van der Waals surface area contributed by atoms with Gasteiger partial charge in [-0.1, -0.05) is 158 Å². The van der Waals surface area contributed by atoms with Gasteiger partial charge in [-0.2, -0.15) is 0 Å². The van der Waals surface area contributed by atoms with Gasteiger partial charge in [0.1, 0.15) is 90.7 Å². The highest BCUT2D eigenvalue weighted by atomic mass is 16.5. The van der Waals surface area contributed by atoms with Gasteiger partial charge in [-0.25, -0.2) is 5.10 Å². The number of allylic oxidation sites excluding steroid dienone is 1. The molecule has 2 aromatic carbocycles. The Kier molecular flexibility index (Phi) is 53.6. The molecule has 48 heteroatoms. The lowest BCUT2D eigenvalue weighted by Gasteiger charge is -2.31. The number of ketones is 1. The van der Waals surface area contributed by atoms with E-state index >= 15 is 19.2 Å². The second kappa shape index (κ2) is 65.6. The molecular weight excluding hydrogens is 1870 g/mol. The van der Waals surface area contributed by atoms with Gasteiger partial charge in [-0.3, -0.25) is 92.5 Å². The fourth-order valence-corrected chi connectivity index (χ4v) is 16.8. The largest absolute Gasteiger partial charge is 0.394 e. The van der Waals surface area contributed by atoms with Crippen molar-refractivity contribution in [2.75, 3.05) is 65.8 Å². The van der Waals surface area contributed by atoms with Gasteiger partial charge in [0.25, 0.3) is 0 Å². The molecule has 0 aliphatic carbocycles. The summed E-state index contributed by atoms with van der Waals surface area (Å²) in [6, 6.07) is -3.57. The van der Waals surface area contributed by atoms with Crippen LogP contribution in [0.1, 0.15) is 236 Å². The second-order valence-electron chi connectivity index (χ2n) is 36.3. The molecule has 794 valence electrons. The van der Waals surface area contributed by atoms with Crippen LogP contribution in [-0.2, 0) is 105 Å². The van der Waals surface area contributed by atoms with E-state index in [2.05, 4.69) is 105 Å². The highest BCUT2D eigenvalue weighted by Gasteiger charge is 2.45. The van der Waals surface area contributed by atoms with Crippen LogP contribution in [0.5, 0.6) is 0 Å². The Morgan fingerprint density at radius 3 is 1.75 bits per heavy atom. The number of carbonyl (C=O) groups excluding carboxylic acids is 16. The number of tetrazole rings is 1. The number of carbonyl (C=O) groups is 16. The van der Waals surface area contributed by atoms with Crippen LogP contribution in [0.4, 0.5) is 0 Å². The molecule has 144 heavy (non-hydrogen) atoms. The number of nitrogens with zero attached hydrogens (tertiary/aromatic N) is 5. The van der Waals surface area contributed by atoms with E-state index in [0.29, 0.717) is 36.8 Å². The SMILES string of the molecule is CCCC[C@H](NC(=O)[C@H](CO)NC(=O)[C@H](CC1=CCC=N1)NC(=O)[C@H](CO)NC(=O)[C@H](CCCNC(=N)N)NC(=O)[C@H](CCC(N)=O)NC(=O)COCCOCCNC(=O)CCCCCCCCCCCCCCCc1nnn[nH]1)C(=O)N[C@H]1CCC(=O)CCCCC[C@@H](C(N)=O)NC(=O)[C@H](Cc2c[nH]c3ccccc23)NC(=O)[C@H](CCCNC(=N)N)NC(=O)[C@@H](Cc2ccccc2)NC(=O)[C@@H]2C[C@@H](O)CN2C1=O. The molecule has 3 aliphatic rings. The summed E-state index contributed by atoms with van der Waals surface area (Å²) >= 11 is 0. The molecule has 5 heterocycles. The number of H-pyrrole nitrogens is 2. The number of hydrogen-bond donors (Lipinski definition) is 25. The summed E-state index contributed by atoms with van der Waals surface area (Å²) in [4.78, 5) is 235. The lowest BCUT2D eigenvalue weighted by atomic mass is 10.00. The Bertz CT molecular complexity index is 4870. The van der Waals surface area contributed by atoms with Gasteiger partial charge in [-0.05, 0) is 98.2 Å². The van der Waals surface area contributed by atoms with Gasteiger partial charge < -0.3 is 132 Å². The number of nitrogens with one attached hydrogen (secondary N) is 18. The summed E-state index contributed by atoms with van der Waals surface area (Å²) in [5.74, 6) is -14.3. The molecule has 2 fully saturated rings. The van der Waals surface area contributed by atoms with Crippen LogP contribution < -0.4 is 97.4 Å². The van der Waals surface area contributed by atoms with Crippen LogP contribution in [0.15, 0.2) is 77.6 Å². The van der Waals surface area contributed by atoms with E-state index in [1.807, 2.05) is 12.1 Å². The van der Waals surface area contributed by atoms with Crippen molar-refractivity contribution in [2.45, 2.75) is 317 Å². The first-order valence-electron chi connectivity index (χ1n) is 50.1. The summed E-state index contributed by atoms with van der Waals surface area (Å²) in [5.41, 5.74) is 24.5. The van der Waals surface area contributed by atoms with Crippen LogP contribution in [0.25, 0.3) is 10.9 Å². The van der Waals surface area contributed by atoms with Crippen molar-refractivity contribution in [3.63, 3.8) is 0 Å². The first-order valence-corrected chi connectivity index (χ1v) is 50.1. The summed E-state index contributed by atoms with van der Waals surface area (Å²) in [5, 5.41) is 99.5. The smallest absolute Gasteiger partial charge is 0.246 e. The van der Waals surface area contributed by atoms with E-state index in [4.69, 9.17) is 43.2 Å². The number of aromatic amines is 2. The molecule has 2 saturated heterocycles. The molecule has 0 bridgehead atoms. The second-order valence-corrected chi connectivity index (χ2v) is 36.3. The van der Waals surface area contributed by atoms with Crippen LogP contribution in [-0.4, -0.2) is 303 Å². The minimum absolute atomic E-state index is 0.00902. The van der Waals surface area contributed by atoms with Crippen LogP contribution in [0, 0.1) is 10.8 Å². The molecule has 0 radical (unpaired) electrons. The molecule has 0 spiro atoms. The Balaban J connectivity index is 0.985. The van der Waals surface area contributed by atoms with Crippen molar-refractivity contribution in [1.82, 2.24) is 105 Å². The maximum Gasteiger partial charge on any atom is 0.246 e. The molecule has 29 N–H and O–H groups in total. The summed E-state index contributed by atoms with van der Waals surface area (Å²) < 4.78 is 11.0. The number of guanidine groups is 2. The van der Waals surface area contributed by atoms with Crippen LogP contribution in [0.2, 0.25) is 0 Å². The van der Waals surface area contributed by atoms with E-state index in [1.54, 1.807) is 61.7 Å². The van der Waals surface area contributed by atoms with Gasteiger partial charge in [0.2, 0.25) is 88.6 Å². The van der Waals surface area contributed by atoms with E-state index in [1.165, 1.54) is 57.6 Å². The number of Topliss-reactive ketones (excluding diaryl/α,β-unsaturated/α-hetero) is 1. The van der Waals surface area contributed by atoms with E-state index in [0.717, 1.165) is 60.2 Å². The number of hydrogen-bond acceptors (Lipinski definition) is 27. The third-order valence-electron chi connectivity index (χ3n) is 24.8. The van der Waals surface area contributed by atoms with Crippen molar-refractivity contribution in [3.8, 4) is 0 Å². The standard InChI is InChI=1S/C96H149N27O21/c1-2-3-33-68(84(132)113-72-41-40-63(126)31-19-16-20-35-67(83(98)131)109-89(137)74(52-61-55-107-66-34-24-23-32-65(61)66)114-85(133)69(36-26-45-105-95(99)100)111-88(136)73(51-60-28-17-15-18-29-60)116-93(141)78-54-64(127)56-123(78)94(72)142)112-91(139)76(57-124)118-90(138)75(53-62-30-25-44-103-62)115-92(140)77(58-125)117-86(134)70(37-27-46-106-96(101)102)110-87(135)71(42-43-79(97)128)108-82(130)59-144-50-49-143-48-47-104-81(129)39-22-14-12-10-8-6-4-5-7-9-11-13-21-38-80-119-121-122-120-80/h15,17-18,23-24,28-30,32,34,44,55,64,67-78,107,124-125,127H,2-14,16,19-22,25-27,31,33,35-43,45-54,56-59H2,1H3,(H2,97,128)(H2,98,131)(H,104,129)(H,108,130)(H,109,137)(H,110,135)(H,111,136)(H,112,139)(H,113,132)(H,114,133)(H,115,140)(H,116,141)(H,117,134)(H,118,138)(H4,99,100,105)(H4,101,102,106)(H,119,120,121,122)/t64-,67+,68+,69+,70+,71+,72+,73-,74+,75+,76+,77+,78+/m1/s1. The Morgan fingerprint density at radius 1 is 0.549 bits per heavy atom. The van der Waals surface area contributed by atoms with Gasteiger partial charge in [0, 0.05) is 119 Å². The number of aliphatic imine (C=N–C) groups is 1. The number of aryl methyl sites for hydroxylation is 1. The number of amides is 15. The first-order chi connectivity index (χ1) is 69.3. The third-order valence-corrected chi connectivity index (χ3v) is 24.8. The number of nitrogens with two attached hydrogens (primary N) is 4. The number of fused-ring (bicyclic) bond motifs is 2. The Morgan fingerprint density at radius 2 is 1.12 bits per heavy atom. The highest BCUT2D eigenvalue weighted by molar-refractivity contribution is 6.01. The number of aliphatic hydroxyl groups excluding tert-OH is 3. The normalized spacial score (nSPS) is 19.0. The van der Waals surface area contributed by atoms with Gasteiger partial charge >= 0.3 is 0 Å².